The van der Waals surface area contributed by atoms with Crippen LogP contribution in [0.15, 0.2) is 11.4 Å². The Labute approximate surface area is 97.6 Å². The van der Waals surface area contributed by atoms with Crippen LogP contribution in [0.4, 0.5) is 0 Å². The van der Waals surface area contributed by atoms with E-state index in [0.29, 0.717) is 11.0 Å². The second kappa shape index (κ2) is 4.05. The van der Waals surface area contributed by atoms with E-state index >= 15 is 0 Å². The predicted molar refractivity (Wildman–Crippen MR) is 60.7 cm³/mol. The van der Waals surface area contributed by atoms with Gasteiger partial charge in [-0.1, -0.05) is 11.6 Å². The Morgan fingerprint density at radius 1 is 1.44 bits per heavy atom. The number of rotatable bonds is 2. The van der Waals surface area contributed by atoms with Crippen LogP contribution in [0.1, 0.15) is 17.1 Å². The molecule has 84 valence electrons. The van der Waals surface area contributed by atoms with Gasteiger partial charge in [-0.15, -0.1) is 10.2 Å². The summed E-state index contributed by atoms with van der Waals surface area (Å²) in [5, 5.41) is 16.5. The van der Waals surface area contributed by atoms with Crippen molar-refractivity contribution < 1.29 is 0 Å². The lowest BCUT2D eigenvalue weighted by atomic mass is 10.3. The van der Waals surface area contributed by atoms with Crippen molar-refractivity contribution in [3.8, 4) is 0 Å². The predicted octanol–water partition coefficient (Wildman–Crippen LogP) is 1.16. The molecule has 0 N–H and O–H groups in total. The molecule has 6 nitrogen and oxygen atoms in total. The van der Waals surface area contributed by atoms with Crippen molar-refractivity contribution in [1.82, 2.24) is 24.7 Å². The molecule has 0 spiro atoms. The summed E-state index contributed by atoms with van der Waals surface area (Å²) < 4.78 is 3.18. The third kappa shape index (κ3) is 1.83. The van der Waals surface area contributed by atoms with Gasteiger partial charge in [-0.2, -0.15) is 10.2 Å². The maximum Gasteiger partial charge on any atom is 0.151 e. The smallest absolute Gasteiger partial charge is 0.151 e. The molecule has 0 atom stereocenters. The highest BCUT2D eigenvalue weighted by atomic mass is 35.5. The summed E-state index contributed by atoms with van der Waals surface area (Å²) in [7, 11) is 1.79. The standard InChI is InChI=1S/C9H11ClN6/c1-6-8(9(10)15(3)14-6)4-12-16-5-11-13-7(16)2/h4-5H,1-3H3/b12-4+. The number of aromatic nitrogens is 5. The molecule has 0 aromatic carbocycles. The highest BCUT2D eigenvalue weighted by molar-refractivity contribution is 6.32. The van der Waals surface area contributed by atoms with Crippen molar-refractivity contribution >= 4 is 17.8 Å². The lowest BCUT2D eigenvalue weighted by molar-refractivity contribution is 0.757. The minimum Gasteiger partial charge on any atom is -0.256 e. The molecule has 0 bridgehead atoms. The molecule has 0 amide bonds. The Bertz CT molecular complexity index is 538. The highest BCUT2D eigenvalue weighted by Crippen LogP contribution is 2.16. The van der Waals surface area contributed by atoms with Gasteiger partial charge in [0, 0.05) is 7.05 Å². The molecule has 16 heavy (non-hydrogen) atoms. The molecule has 0 aliphatic rings. The van der Waals surface area contributed by atoms with E-state index in [2.05, 4.69) is 20.4 Å². The van der Waals surface area contributed by atoms with E-state index in [1.165, 1.54) is 6.33 Å². The van der Waals surface area contributed by atoms with Gasteiger partial charge in [0.25, 0.3) is 0 Å². The maximum atomic E-state index is 6.06. The minimum atomic E-state index is 0.562. The second-order valence-corrected chi connectivity index (χ2v) is 3.74. The summed E-state index contributed by atoms with van der Waals surface area (Å²) in [4.78, 5) is 0. The van der Waals surface area contributed by atoms with Gasteiger partial charge in [0.05, 0.1) is 17.5 Å². The van der Waals surface area contributed by atoms with Crippen molar-refractivity contribution in [2.24, 2.45) is 12.1 Å². The van der Waals surface area contributed by atoms with Crippen molar-refractivity contribution in [3.05, 3.63) is 28.6 Å². The van der Waals surface area contributed by atoms with E-state index in [0.717, 1.165) is 11.3 Å². The van der Waals surface area contributed by atoms with Gasteiger partial charge in [-0.25, -0.2) is 4.68 Å². The number of hydrogen-bond donors (Lipinski definition) is 0. The third-order valence-corrected chi connectivity index (χ3v) is 2.65. The van der Waals surface area contributed by atoms with Crippen LogP contribution in [0.2, 0.25) is 5.15 Å². The Kier molecular flexibility index (Phi) is 2.74. The fraction of sp³-hybridized carbons (Fsp3) is 0.333. The maximum absolute atomic E-state index is 6.06. The van der Waals surface area contributed by atoms with Crippen LogP contribution in [-0.2, 0) is 7.05 Å². The van der Waals surface area contributed by atoms with Crippen molar-refractivity contribution in [2.45, 2.75) is 13.8 Å². The zero-order chi connectivity index (χ0) is 11.7. The SMILES string of the molecule is Cc1nn(C)c(Cl)c1/C=N/n1cnnc1C. The average Bonchev–Trinajstić information content (AvgIpc) is 2.72. The molecule has 0 fully saturated rings. The van der Waals surface area contributed by atoms with Crippen LogP contribution in [0.25, 0.3) is 0 Å². The number of aryl methyl sites for hydroxylation is 3. The fourth-order valence-corrected chi connectivity index (χ4v) is 1.54. The molecular formula is C9H11ClN6. The van der Waals surface area contributed by atoms with Gasteiger partial charge in [0.2, 0.25) is 0 Å². The highest BCUT2D eigenvalue weighted by Gasteiger charge is 2.08. The summed E-state index contributed by atoms with van der Waals surface area (Å²) in [5.74, 6) is 0.717. The molecule has 0 saturated carbocycles. The summed E-state index contributed by atoms with van der Waals surface area (Å²) in [6, 6.07) is 0. The third-order valence-electron chi connectivity index (χ3n) is 2.20. The van der Waals surface area contributed by atoms with E-state index in [1.54, 1.807) is 22.6 Å². The minimum absolute atomic E-state index is 0.562. The lowest BCUT2D eigenvalue weighted by Gasteiger charge is -1.94. The average molecular weight is 239 g/mol. The van der Waals surface area contributed by atoms with Crippen LogP contribution in [0.5, 0.6) is 0 Å². The van der Waals surface area contributed by atoms with Crippen LogP contribution < -0.4 is 0 Å². The second-order valence-electron chi connectivity index (χ2n) is 3.38. The van der Waals surface area contributed by atoms with Crippen molar-refractivity contribution in [3.63, 3.8) is 0 Å². The van der Waals surface area contributed by atoms with E-state index in [4.69, 9.17) is 11.6 Å². The van der Waals surface area contributed by atoms with Gasteiger partial charge in [0.1, 0.15) is 11.5 Å². The zero-order valence-corrected chi connectivity index (χ0v) is 9.97. The summed E-state index contributed by atoms with van der Waals surface area (Å²) >= 11 is 6.06. The number of hydrogen-bond acceptors (Lipinski definition) is 4. The van der Waals surface area contributed by atoms with Gasteiger partial charge in [0.15, 0.2) is 5.82 Å². The van der Waals surface area contributed by atoms with Crippen LogP contribution in [0, 0.1) is 13.8 Å². The van der Waals surface area contributed by atoms with Crippen molar-refractivity contribution in [1.29, 1.82) is 0 Å². The molecule has 2 heterocycles. The Morgan fingerprint density at radius 3 is 2.69 bits per heavy atom. The molecule has 0 unspecified atom stereocenters. The molecule has 2 aromatic rings. The summed E-state index contributed by atoms with van der Waals surface area (Å²) in [5.41, 5.74) is 1.64. The largest absolute Gasteiger partial charge is 0.256 e. The van der Waals surface area contributed by atoms with E-state index in [9.17, 15) is 0 Å². The molecule has 0 radical (unpaired) electrons. The van der Waals surface area contributed by atoms with Gasteiger partial charge in [-0.05, 0) is 13.8 Å². The summed E-state index contributed by atoms with van der Waals surface area (Å²) in [6.07, 6.45) is 3.19. The normalized spacial score (nSPS) is 11.5. The Morgan fingerprint density at radius 2 is 2.19 bits per heavy atom. The van der Waals surface area contributed by atoms with Crippen molar-refractivity contribution in [2.75, 3.05) is 0 Å². The van der Waals surface area contributed by atoms with E-state index in [-0.39, 0.29) is 0 Å². The summed E-state index contributed by atoms with van der Waals surface area (Å²) in [6.45, 7) is 3.70. The zero-order valence-electron chi connectivity index (χ0n) is 9.22. The van der Waals surface area contributed by atoms with Crippen LogP contribution >= 0.6 is 11.6 Å². The fourth-order valence-electron chi connectivity index (χ4n) is 1.31. The molecule has 0 aliphatic carbocycles. The van der Waals surface area contributed by atoms with E-state index in [1.807, 2.05) is 13.8 Å². The first kappa shape index (κ1) is 10.8. The molecule has 0 aliphatic heterocycles. The van der Waals surface area contributed by atoms with Gasteiger partial charge < -0.3 is 0 Å². The monoisotopic (exact) mass is 238 g/mol. The lowest BCUT2D eigenvalue weighted by Crippen LogP contribution is -1.93. The van der Waals surface area contributed by atoms with Gasteiger partial charge >= 0.3 is 0 Å². The molecule has 7 heteroatoms. The number of nitrogens with zero attached hydrogens (tertiary/aromatic N) is 6. The van der Waals surface area contributed by atoms with Crippen LogP contribution in [0.3, 0.4) is 0 Å². The molecule has 2 aromatic heterocycles. The molecule has 2 rings (SSSR count). The quantitative estimate of drug-likeness (QED) is 0.738. The molecular weight excluding hydrogens is 228 g/mol. The first-order chi connectivity index (χ1) is 7.59. The van der Waals surface area contributed by atoms with E-state index < -0.39 is 0 Å². The first-order valence-corrected chi connectivity index (χ1v) is 5.07. The van der Waals surface area contributed by atoms with Crippen LogP contribution in [-0.4, -0.2) is 30.9 Å². The first-order valence-electron chi connectivity index (χ1n) is 4.69. The topological polar surface area (TPSA) is 60.9 Å². The molecule has 0 saturated heterocycles. The Hall–Kier alpha value is -1.69. The Balaban J connectivity index is 2.34. The van der Waals surface area contributed by atoms with Gasteiger partial charge in [-0.3, -0.25) is 4.68 Å². The number of halogens is 1.